The molecule has 0 N–H and O–H groups in total. The van der Waals surface area contributed by atoms with Crippen LogP contribution >= 0.6 is 0 Å². The molecule has 0 saturated carbocycles. The Morgan fingerprint density at radius 1 is 1.14 bits per heavy atom. The highest BCUT2D eigenvalue weighted by molar-refractivity contribution is 5.91. The Bertz CT molecular complexity index is 574. The highest BCUT2D eigenvalue weighted by Crippen LogP contribution is 2.35. The minimum absolute atomic E-state index is 0.315. The maximum absolute atomic E-state index is 11.4. The van der Waals surface area contributed by atoms with Crippen molar-refractivity contribution >= 4 is 5.78 Å². The number of ketones is 1. The smallest absolute Gasteiger partial charge is 0.231 e. The number of fused-ring (bicyclic) bond motifs is 1. The van der Waals surface area contributed by atoms with E-state index in [9.17, 15) is 4.79 Å². The van der Waals surface area contributed by atoms with E-state index in [0.717, 1.165) is 37.2 Å². The van der Waals surface area contributed by atoms with E-state index in [1.165, 1.54) is 30.4 Å². The van der Waals surface area contributed by atoms with Crippen molar-refractivity contribution in [2.24, 2.45) is 0 Å². The zero-order valence-corrected chi connectivity index (χ0v) is 13.3. The molecule has 3 heteroatoms. The second kappa shape index (κ2) is 6.99. The minimum Gasteiger partial charge on any atom is -0.454 e. The summed E-state index contributed by atoms with van der Waals surface area (Å²) in [5.41, 5.74) is 2.67. The summed E-state index contributed by atoms with van der Waals surface area (Å²) in [5.74, 6) is 2.56. The van der Waals surface area contributed by atoms with Crippen molar-refractivity contribution < 1.29 is 14.3 Å². The van der Waals surface area contributed by atoms with Gasteiger partial charge in [-0.2, -0.15) is 0 Å². The summed E-state index contributed by atoms with van der Waals surface area (Å²) in [6.07, 6.45) is 9.40. The molecule has 0 spiro atoms. The van der Waals surface area contributed by atoms with Crippen LogP contribution in [0.1, 0.15) is 63.4 Å². The van der Waals surface area contributed by atoms with Crippen molar-refractivity contribution in [1.82, 2.24) is 0 Å². The first-order valence-electron chi connectivity index (χ1n) is 8.34. The van der Waals surface area contributed by atoms with Gasteiger partial charge in [0.1, 0.15) is 0 Å². The lowest BCUT2D eigenvalue weighted by molar-refractivity contribution is -0.115. The highest BCUT2D eigenvalue weighted by atomic mass is 16.7. The van der Waals surface area contributed by atoms with Crippen LogP contribution in [-0.4, -0.2) is 12.6 Å². The second-order valence-corrected chi connectivity index (χ2v) is 6.38. The molecule has 0 amide bonds. The lowest BCUT2D eigenvalue weighted by Crippen LogP contribution is -2.02. The van der Waals surface area contributed by atoms with Gasteiger partial charge >= 0.3 is 0 Å². The normalized spacial score (nSPS) is 18.2. The van der Waals surface area contributed by atoms with E-state index >= 15 is 0 Å². The molecule has 1 aliphatic heterocycles. The van der Waals surface area contributed by atoms with Gasteiger partial charge in [0, 0.05) is 6.42 Å². The van der Waals surface area contributed by atoms with Gasteiger partial charge < -0.3 is 9.47 Å². The number of carbonyl (C=O) groups excluding carboxylic acids is 1. The third kappa shape index (κ3) is 3.70. The maximum Gasteiger partial charge on any atom is 0.231 e. The molecule has 1 aromatic carbocycles. The predicted molar refractivity (Wildman–Crippen MR) is 86.4 cm³/mol. The molecule has 1 aliphatic carbocycles. The van der Waals surface area contributed by atoms with Gasteiger partial charge in [-0.1, -0.05) is 25.0 Å². The van der Waals surface area contributed by atoms with Crippen LogP contribution in [0.4, 0.5) is 0 Å². The maximum atomic E-state index is 11.4. The average Bonchev–Trinajstić information content (AvgIpc) is 2.99. The van der Waals surface area contributed by atoms with Gasteiger partial charge in [0.05, 0.1) is 0 Å². The van der Waals surface area contributed by atoms with Crippen molar-refractivity contribution in [2.45, 2.75) is 57.8 Å². The van der Waals surface area contributed by atoms with Gasteiger partial charge in [-0.3, -0.25) is 4.79 Å². The van der Waals surface area contributed by atoms with Crippen LogP contribution in [0.3, 0.4) is 0 Å². The second-order valence-electron chi connectivity index (χ2n) is 6.38. The lowest BCUT2D eigenvalue weighted by atomic mass is 9.91. The van der Waals surface area contributed by atoms with E-state index < -0.39 is 0 Å². The summed E-state index contributed by atoms with van der Waals surface area (Å²) in [4.78, 5) is 11.4. The van der Waals surface area contributed by atoms with Gasteiger partial charge in [0.15, 0.2) is 17.3 Å². The summed E-state index contributed by atoms with van der Waals surface area (Å²) >= 11 is 0. The molecule has 1 atom stereocenters. The molecule has 118 valence electrons. The fourth-order valence-corrected chi connectivity index (χ4v) is 3.25. The van der Waals surface area contributed by atoms with E-state index in [2.05, 4.69) is 19.1 Å². The molecule has 1 unspecified atom stereocenters. The molecule has 1 heterocycles. The number of benzene rings is 1. The molecule has 2 aliphatic rings. The summed E-state index contributed by atoms with van der Waals surface area (Å²) in [6, 6.07) is 6.25. The zero-order valence-electron chi connectivity index (χ0n) is 13.3. The first kappa shape index (κ1) is 15.1. The van der Waals surface area contributed by atoms with E-state index in [1.54, 1.807) is 0 Å². The lowest BCUT2D eigenvalue weighted by Gasteiger charge is -2.14. The van der Waals surface area contributed by atoms with Crippen LogP contribution in [0, 0.1) is 0 Å². The van der Waals surface area contributed by atoms with Crippen LogP contribution in [0.15, 0.2) is 29.8 Å². The molecule has 0 radical (unpaired) electrons. The van der Waals surface area contributed by atoms with Gasteiger partial charge in [-0.05, 0) is 61.8 Å². The first-order valence-corrected chi connectivity index (χ1v) is 8.34. The Hall–Kier alpha value is -1.77. The summed E-state index contributed by atoms with van der Waals surface area (Å²) < 4.78 is 10.8. The standard InChI is InChI=1S/C19H24O3/c1-14(16-9-10-18-19(12-16)22-13-21-18)5-2-3-6-15-7-4-8-17(20)11-15/h9-12,14H,2-8,13H2,1H3. The summed E-state index contributed by atoms with van der Waals surface area (Å²) in [5, 5.41) is 0. The molecular weight excluding hydrogens is 276 g/mol. The summed E-state index contributed by atoms with van der Waals surface area (Å²) in [7, 11) is 0. The third-order valence-electron chi connectivity index (χ3n) is 4.64. The van der Waals surface area contributed by atoms with E-state index in [-0.39, 0.29) is 0 Å². The average molecular weight is 300 g/mol. The van der Waals surface area contributed by atoms with Crippen molar-refractivity contribution in [3.63, 3.8) is 0 Å². The zero-order chi connectivity index (χ0) is 15.4. The van der Waals surface area contributed by atoms with Crippen molar-refractivity contribution in [3.8, 4) is 11.5 Å². The van der Waals surface area contributed by atoms with Crippen LogP contribution < -0.4 is 9.47 Å². The van der Waals surface area contributed by atoms with E-state index in [0.29, 0.717) is 18.5 Å². The van der Waals surface area contributed by atoms with Crippen LogP contribution in [0.2, 0.25) is 0 Å². The largest absolute Gasteiger partial charge is 0.454 e. The molecule has 22 heavy (non-hydrogen) atoms. The van der Waals surface area contributed by atoms with Gasteiger partial charge in [-0.15, -0.1) is 0 Å². The molecule has 3 rings (SSSR count). The van der Waals surface area contributed by atoms with Crippen molar-refractivity contribution in [1.29, 1.82) is 0 Å². The van der Waals surface area contributed by atoms with Crippen molar-refractivity contribution in [2.75, 3.05) is 6.79 Å². The van der Waals surface area contributed by atoms with Crippen molar-refractivity contribution in [3.05, 3.63) is 35.4 Å². The quantitative estimate of drug-likeness (QED) is 0.711. The fourth-order valence-electron chi connectivity index (χ4n) is 3.25. The Morgan fingerprint density at radius 2 is 2.00 bits per heavy atom. The Kier molecular flexibility index (Phi) is 4.81. The molecule has 3 nitrogen and oxygen atoms in total. The minimum atomic E-state index is 0.315. The SMILES string of the molecule is CC(CCCCC1=CC(=O)CCC1)c1ccc2c(c1)OCO2. The number of hydrogen-bond donors (Lipinski definition) is 0. The van der Waals surface area contributed by atoms with Gasteiger partial charge in [0.25, 0.3) is 0 Å². The number of carbonyl (C=O) groups is 1. The Morgan fingerprint density at radius 3 is 2.86 bits per heavy atom. The van der Waals surface area contributed by atoms with Crippen LogP contribution in [0.25, 0.3) is 0 Å². The molecule has 0 aromatic heterocycles. The predicted octanol–water partition coefficient (Wildman–Crippen LogP) is 4.76. The molecule has 0 saturated heterocycles. The Balaban J connectivity index is 1.44. The number of rotatable bonds is 6. The van der Waals surface area contributed by atoms with E-state index in [1.807, 2.05) is 12.1 Å². The van der Waals surface area contributed by atoms with Gasteiger partial charge in [-0.25, -0.2) is 0 Å². The third-order valence-corrected chi connectivity index (χ3v) is 4.64. The topological polar surface area (TPSA) is 35.5 Å². The van der Waals surface area contributed by atoms with Crippen LogP contribution in [-0.2, 0) is 4.79 Å². The Labute approximate surface area is 132 Å². The summed E-state index contributed by atoms with van der Waals surface area (Å²) in [6.45, 7) is 2.60. The first-order chi connectivity index (χ1) is 10.7. The van der Waals surface area contributed by atoms with E-state index in [4.69, 9.17) is 9.47 Å². The number of ether oxygens (including phenoxy) is 2. The molecule has 0 bridgehead atoms. The molecular formula is C19H24O3. The van der Waals surface area contributed by atoms with Crippen LogP contribution in [0.5, 0.6) is 11.5 Å². The number of hydrogen-bond acceptors (Lipinski definition) is 3. The fraction of sp³-hybridized carbons (Fsp3) is 0.526. The monoisotopic (exact) mass is 300 g/mol. The number of allylic oxidation sites excluding steroid dienone is 2. The molecule has 0 fully saturated rings. The number of unbranched alkanes of at least 4 members (excludes halogenated alkanes) is 1. The molecule has 1 aromatic rings. The highest BCUT2D eigenvalue weighted by Gasteiger charge is 2.15. The van der Waals surface area contributed by atoms with Gasteiger partial charge in [0.2, 0.25) is 6.79 Å².